The number of aryl methyl sites for hydroxylation is 1. The summed E-state index contributed by atoms with van der Waals surface area (Å²) in [5.41, 5.74) is 3.11. The molecule has 1 N–H and O–H groups in total. The summed E-state index contributed by atoms with van der Waals surface area (Å²) in [6.45, 7) is 4.04. The van der Waals surface area contributed by atoms with E-state index in [1.807, 2.05) is 61.2 Å². The highest BCUT2D eigenvalue weighted by molar-refractivity contribution is 7.99. The lowest BCUT2D eigenvalue weighted by Gasteiger charge is -2.10. The molecule has 0 saturated carbocycles. The van der Waals surface area contributed by atoms with Crippen LogP contribution >= 0.6 is 23.1 Å². The lowest BCUT2D eigenvalue weighted by molar-refractivity contribution is -0.113. The van der Waals surface area contributed by atoms with Crippen LogP contribution in [0.15, 0.2) is 40.9 Å². The van der Waals surface area contributed by atoms with Gasteiger partial charge in [0.15, 0.2) is 11.0 Å². The Balaban J connectivity index is 1.64. The highest BCUT2D eigenvalue weighted by Gasteiger charge is 2.14. The van der Waals surface area contributed by atoms with Gasteiger partial charge in [0.25, 0.3) is 0 Å². The maximum absolute atomic E-state index is 12.2. The van der Waals surface area contributed by atoms with E-state index in [1.165, 1.54) is 11.8 Å². The predicted octanol–water partition coefficient (Wildman–Crippen LogP) is 3.89. The van der Waals surface area contributed by atoms with Crippen molar-refractivity contribution in [3.63, 3.8) is 0 Å². The molecular formula is C17H18N4OS2. The van der Waals surface area contributed by atoms with Crippen LogP contribution in [0.2, 0.25) is 0 Å². The minimum Gasteiger partial charge on any atom is -0.325 e. The van der Waals surface area contributed by atoms with E-state index >= 15 is 0 Å². The van der Waals surface area contributed by atoms with Crippen LogP contribution in [0, 0.1) is 13.8 Å². The number of rotatable bonds is 5. The van der Waals surface area contributed by atoms with Crippen LogP contribution in [0.5, 0.6) is 0 Å². The summed E-state index contributed by atoms with van der Waals surface area (Å²) in [6, 6.07) is 9.89. The van der Waals surface area contributed by atoms with Gasteiger partial charge in [0.2, 0.25) is 5.91 Å². The molecule has 2 heterocycles. The standard InChI is InChI=1S/C17H18N4OS2/c1-11-6-4-7-13(12(11)2)18-15(22)10-24-17-20-19-16(21(17)3)14-8-5-9-23-14/h4-9H,10H2,1-3H3,(H,18,22). The molecule has 0 unspecified atom stereocenters. The molecule has 2 aromatic heterocycles. The number of thiophene rings is 1. The lowest BCUT2D eigenvalue weighted by Crippen LogP contribution is -2.15. The van der Waals surface area contributed by atoms with Crippen molar-refractivity contribution in [2.45, 2.75) is 19.0 Å². The molecule has 7 heteroatoms. The molecule has 1 amide bonds. The average Bonchev–Trinajstić information content (AvgIpc) is 3.19. The Morgan fingerprint density at radius 2 is 2.08 bits per heavy atom. The van der Waals surface area contributed by atoms with Crippen LogP contribution < -0.4 is 5.32 Å². The molecule has 0 saturated heterocycles. The zero-order valence-corrected chi connectivity index (χ0v) is 15.4. The topological polar surface area (TPSA) is 59.8 Å². The Labute approximate surface area is 149 Å². The predicted molar refractivity (Wildman–Crippen MR) is 99.6 cm³/mol. The molecule has 0 spiro atoms. The first-order valence-corrected chi connectivity index (χ1v) is 9.35. The number of aromatic nitrogens is 3. The van der Waals surface area contributed by atoms with Gasteiger partial charge in [0, 0.05) is 12.7 Å². The number of nitrogens with zero attached hydrogens (tertiary/aromatic N) is 3. The van der Waals surface area contributed by atoms with Gasteiger partial charge in [-0.2, -0.15) is 0 Å². The van der Waals surface area contributed by atoms with Gasteiger partial charge in [-0.1, -0.05) is 30.0 Å². The van der Waals surface area contributed by atoms with E-state index in [4.69, 9.17) is 0 Å². The average molecular weight is 358 g/mol. The number of carbonyl (C=O) groups excluding carboxylic acids is 1. The summed E-state index contributed by atoms with van der Waals surface area (Å²) < 4.78 is 1.92. The fourth-order valence-corrected chi connectivity index (χ4v) is 3.72. The monoisotopic (exact) mass is 358 g/mol. The number of thioether (sulfide) groups is 1. The number of amides is 1. The van der Waals surface area contributed by atoms with Crippen molar-refractivity contribution in [1.29, 1.82) is 0 Å². The Kier molecular flexibility index (Phi) is 5.01. The van der Waals surface area contributed by atoms with Crippen molar-refractivity contribution in [1.82, 2.24) is 14.8 Å². The molecule has 0 aliphatic heterocycles. The summed E-state index contributed by atoms with van der Waals surface area (Å²) >= 11 is 3.01. The zero-order chi connectivity index (χ0) is 17.1. The number of nitrogens with one attached hydrogen (secondary N) is 1. The quantitative estimate of drug-likeness (QED) is 0.703. The third-order valence-corrected chi connectivity index (χ3v) is 5.67. The van der Waals surface area contributed by atoms with Crippen molar-refractivity contribution < 1.29 is 4.79 Å². The smallest absolute Gasteiger partial charge is 0.234 e. The van der Waals surface area contributed by atoms with Crippen LogP contribution in [0.4, 0.5) is 5.69 Å². The minimum absolute atomic E-state index is 0.0469. The van der Waals surface area contributed by atoms with Gasteiger partial charge in [0.05, 0.1) is 10.6 Å². The molecule has 0 radical (unpaired) electrons. The van der Waals surface area contributed by atoms with E-state index in [0.29, 0.717) is 5.75 Å². The van der Waals surface area contributed by atoms with Crippen molar-refractivity contribution in [2.75, 3.05) is 11.1 Å². The van der Waals surface area contributed by atoms with Crippen molar-refractivity contribution >= 4 is 34.7 Å². The second-order valence-electron chi connectivity index (χ2n) is 5.43. The van der Waals surface area contributed by atoms with E-state index in [9.17, 15) is 4.79 Å². The highest BCUT2D eigenvalue weighted by Crippen LogP contribution is 2.26. The molecule has 0 fully saturated rings. The molecule has 3 aromatic rings. The van der Waals surface area contributed by atoms with Crippen LogP contribution in [0.25, 0.3) is 10.7 Å². The summed E-state index contributed by atoms with van der Waals surface area (Å²) in [4.78, 5) is 13.3. The van der Waals surface area contributed by atoms with E-state index in [0.717, 1.165) is 32.7 Å². The van der Waals surface area contributed by atoms with Crippen LogP contribution in [-0.4, -0.2) is 26.4 Å². The molecular weight excluding hydrogens is 340 g/mol. The Morgan fingerprint density at radius 1 is 1.25 bits per heavy atom. The molecule has 0 aliphatic rings. The van der Waals surface area contributed by atoms with Gasteiger partial charge in [-0.15, -0.1) is 21.5 Å². The normalized spacial score (nSPS) is 10.8. The minimum atomic E-state index is -0.0469. The first kappa shape index (κ1) is 16.7. The van der Waals surface area contributed by atoms with Crippen molar-refractivity contribution in [3.8, 4) is 10.7 Å². The van der Waals surface area contributed by atoms with Gasteiger partial charge in [-0.05, 0) is 42.5 Å². The van der Waals surface area contributed by atoms with Gasteiger partial charge >= 0.3 is 0 Å². The Bertz CT molecular complexity index is 856. The molecule has 1 aromatic carbocycles. The molecule has 5 nitrogen and oxygen atoms in total. The third-order valence-electron chi connectivity index (χ3n) is 3.79. The largest absolute Gasteiger partial charge is 0.325 e. The van der Waals surface area contributed by atoms with E-state index in [1.54, 1.807) is 11.3 Å². The van der Waals surface area contributed by atoms with Crippen LogP contribution in [-0.2, 0) is 11.8 Å². The Hall–Kier alpha value is -2.12. The number of hydrogen-bond donors (Lipinski definition) is 1. The van der Waals surface area contributed by atoms with Crippen molar-refractivity contribution in [3.05, 3.63) is 46.8 Å². The number of carbonyl (C=O) groups is 1. The number of benzene rings is 1. The maximum atomic E-state index is 12.2. The number of hydrogen-bond acceptors (Lipinski definition) is 5. The van der Waals surface area contributed by atoms with Crippen LogP contribution in [0.3, 0.4) is 0 Å². The van der Waals surface area contributed by atoms with Crippen molar-refractivity contribution in [2.24, 2.45) is 7.05 Å². The molecule has 124 valence electrons. The van der Waals surface area contributed by atoms with E-state index < -0.39 is 0 Å². The first-order valence-electron chi connectivity index (χ1n) is 7.48. The van der Waals surface area contributed by atoms with E-state index in [2.05, 4.69) is 15.5 Å². The maximum Gasteiger partial charge on any atom is 0.234 e. The summed E-state index contributed by atoms with van der Waals surface area (Å²) in [5.74, 6) is 1.07. The molecule has 0 bridgehead atoms. The summed E-state index contributed by atoms with van der Waals surface area (Å²) in [7, 11) is 1.92. The van der Waals surface area contributed by atoms with Gasteiger partial charge in [-0.25, -0.2) is 0 Å². The zero-order valence-electron chi connectivity index (χ0n) is 13.7. The molecule has 24 heavy (non-hydrogen) atoms. The van der Waals surface area contributed by atoms with E-state index in [-0.39, 0.29) is 5.91 Å². The third kappa shape index (κ3) is 3.52. The lowest BCUT2D eigenvalue weighted by atomic mass is 10.1. The van der Waals surface area contributed by atoms with Crippen LogP contribution in [0.1, 0.15) is 11.1 Å². The second kappa shape index (κ2) is 7.19. The summed E-state index contributed by atoms with van der Waals surface area (Å²) in [6.07, 6.45) is 0. The van der Waals surface area contributed by atoms with Gasteiger partial charge in [-0.3, -0.25) is 4.79 Å². The highest BCUT2D eigenvalue weighted by atomic mass is 32.2. The fourth-order valence-electron chi connectivity index (χ4n) is 2.26. The molecule has 0 aliphatic carbocycles. The van der Waals surface area contributed by atoms with Gasteiger partial charge in [0.1, 0.15) is 0 Å². The first-order chi connectivity index (χ1) is 11.6. The van der Waals surface area contributed by atoms with Gasteiger partial charge < -0.3 is 9.88 Å². The Morgan fingerprint density at radius 3 is 2.83 bits per heavy atom. The summed E-state index contributed by atoms with van der Waals surface area (Å²) in [5, 5.41) is 14.1. The molecule has 3 rings (SSSR count). The number of anilines is 1. The second-order valence-corrected chi connectivity index (χ2v) is 7.32. The fraction of sp³-hybridized carbons (Fsp3) is 0.235. The molecule has 0 atom stereocenters. The SMILES string of the molecule is Cc1cccc(NC(=O)CSc2nnc(-c3cccs3)n2C)c1C.